The number of amides is 2. The predicted molar refractivity (Wildman–Crippen MR) is 123 cm³/mol. The van der Waals surface area contributed by atoms with E-state index in [9.17, 15) is 14.7 Å². The Hall–Kier alpha value is -3.48. The Morgan fingerprint density at radius 3 is 1.84 bits per heavy atom. The van der Waals surface area contributed by atoms with Crippen LogP contribution in [0.4, 0.5) is 11.4 Å². The maximum absolute atomic E-state index is 13.0. The largest absolute Gasteiger partial charge is 0.504 e. The number of phenolic OH excluding ortho intramolecular Hbond substituents is 1. The summed E-state index contributed by atoms with van der Waals surface area (Å²) in [6.45, 7) is 0. The van der Waals surface area contributed by atoms with Gasteiger partial charge in [0.2, 0.25) is 0 Å². The Balaban J connectivity index is 1.97. The first-order chi connectivity index (χ1) is 14.9. The zero-order chi connectivity index (χ0) is 22.4. The van der Waals surface area contributed by atoms with Crippen LogP contribution in [0.15, 0.2) is 72.3 Å². The van der Waals surface area contributed by atoms with Crippen molar-refractivity contribution < 1.29 is 19.4 Å². The van der Waals surface area contributed by atoms with Gasteiger partial charge in [-0.05, 0) is 48.0 Å². The maximum Gasteiger partial charge on any atom is 0.261 e. The minimum Gasteiger partial charge on any atom is -0.504 e. The lowest BCUT2D eigenvalue weighted by molar-refractivity contribution is -0.118. The number of aromatic hydroxyl groups is 1. The second kappa shape index (κ2) is 10.0. The zero-order valence-electron chi connectivity index (χ0n) is 16.4. The van der Waals surface area contributed by atoms with Gasteiger partial charge >= 0.3 is 0 Å². The monoisotopic (exact) mass is 456 g/mol. The summed E-state index contributed by atoms with van der Waals surface area (Å²) in [5.41, 5.74) is 0.896. The number of methoxy groups -OCH3 is 1. The molecule has 0 heterocycles. The van der Waals surface area contributed by atoms with Crippen LogP contribution in [0.2, 0.25) is 10.0 Å². The standard InChI is InChI=1S/C23H18Cl2N2O4/c1-31-21-11-10-14(13-20(21)28)12-15(22(29)26-18-8-4-2-6-16(18)24)23(30)27-19-9-5-3-7-17(19)25/h2-13,28H,1H3,(H,26,29)(H,27,30). The third-order valence-electron chi connectivity index (χ3n) is 4.25. The quantitative estimate of drug-likeness (QED) is 0.264. The number of nitrogens with one attached hydrogen (secondary N) is 2. The number of carbonyl (C=O) groups excluding carboxylic acids is 2. The summed E-state index contributed by atoms with van der Waals surface area (Å²) in [5.74, 6) is -1.24. The molecule has 31 heavy (non-hydrogen) atoms. The molecule has 0 radical (unpaired) electrons. The number of para-hydroxylation sites is 2. The van der Waals surface area contributed by atoms with Gasteiger partial charge in [-0.2, -0.15) is 0 Å². The van der Waals surface area contributed by atoms with Crippen molar-refractivity contribution in [3.63, 3.8) is 0 Å². The van der Waals surface area contributed by atoms with E-state index in [0.717, 1.165) is 0 Å². The summed E-state index contributed by atoms with van der Waals surface area (Å²) in [6, 6.07) is 17.8. The number of halogens is 2. The van der Waals surface area contributed by atoms with Crippen LogP contribution in [0.25, 0.3) is 6.08 Å². The summed E-state index contributed by atoms with van der Waals surface area (Å²) in [6.07, 6.45) is 1.34. The number of anilines is 2. The predicted octanol–water partition coefficient (Wildman–Crippen LogP) is 5.37. The number of benzene rings is 3. The zero-order valence-corrected chi connectivity index (χ0v) is 17.9. The van der Waals surface area contributed by atoms with Crippen LogP contribution in [-0.4, -0.2) is 24.0 Å². The molecule has 0 bridgehead atoms. The number of ether oxygens (including phenoxy) is 1. The van der Waals surface area contributed by atoms with Crippen molar-refractivity contribution in [2.24, 2.45) is 0 Å². The molecular weight excluding hydrogens is 439 g/mol. The van der Waals surface area contributed by atoms with Gasteiger partial charge in [0.15, 0.2) is 11.5 Å². The maximum atomic E-state index is 13.0. The average molecular weight is 457 g/mol. The van der Waals surface area contributed by atoms with Crippen molar-refractivity contribution in [1.29, 1.82) is 0 Å². The summed E-state index contributed by atoms with van der Waals surface area (Å²) in [5, 5.41) is 15.9. The highest BCUT2D eigenvalue weighted by atomic mass is 35.5. The molecule has 2 amide bonds. The third-order valence-corrected chi connectivity index (χ3v) is 4.91. The number of carbonyl (C=O) groups is 2. The molecule has 3 rings (SSSR count). The van der Waals surface area contributed by atoms with Gasteiger partial charge in [-0.1, -0.05) is 53.5 Å². The molecule has 0 aliphatic heterocycles. The molecule has 3 N–H and O–H groups in total. The van der Waals surface area contributed by atoms with Crippen LogP contribution in [0.1, 0.15) is 5.56 Å². The van der Waals surface area contributed by atoms with Crippen molar-refractivity contribution in [2.75, 3.05) is 17.7 Å². The molecule has 0 aromatic heterocycles. The van der Waals surface area contributed by atoms with Crippen LogP contribution in [0.5, 0.6) is 11.5 Å². The van der Waals surface area contributed by atoms with E-state index in [0.29, 0.717) is 27.0 Å². The summed E-state index contributed by atoms with van der Waals surface area (Å²) in [7, 11) is 1.42. The van der Waals surface area contributed by atoms with Gasteiger partial charge in [0.05, 0.1) is 28.5 Å². The van der Waals surface area contributed by atoms with E-state index in [2.05, 4.69) is 10.6 Å². The lowest BCUT2D eigenvalue weighted by Crippen LogP contribution is -2.25. The molecule has 6 nitrogen and oxygen atoms in total. The Bertz CT molecular complexity index is 1100. The van der Waals surface area contributed by atoms with Crippen molar-refractivity contribution in [3.05, 3.63) is 87.9 Å². The molecule has 8 heteroatoms. The van der Waals surface area contributed by atoms with Crippen LogP contribution in [0, 0.1) is 0 Å². The number of hydrogen-bond acceptors (Lipinski definition) is 4. The molecule has 3 aromatic rings. The molecule has 3 aromatic carbocycles. The van der Waals surface area contributed by atoms with E-state index in [4.69, 9.17) is 27.9 Å². The molecule has 0 fully saturated rings. The van der Waals surface area contributed by atoms with Crippen molar-refractivity contribution in [1.82, 2.24) is 0 Å². The van der Waals surface area contributed by atoms with Gasteiger partial charge in [-0.3, -0.25) is 9.59 Å². The normalized spacial score (nSPS) is 10.2. The minimum atomic E-state index is -0.687. The van der Waals surface area contributed by atoms with Crippen LogP contribution >= 0.6 is 23.2 Å². The van der Waals surface area contributed by atoms with Crippen molar-refractivity contribution in [3.8, 4) is 11.5 Å². The van der Waals surface area contributed by atoms with Gasteiger partial charge in [0.25, 0.3) is 11.8 Å². The molecular formula is C23H18Cl2N2O4. The van der Waals surface area contributed by atoms with Gasteiger partial charge in [-0.25, -0.2) is 0 Å². The average Bonchev–Trinajstić information content (AvgIpc) is 2.75. The summed E-state index contributed by atoms with van der Waals surface area (Å²) < 4.78 is 5.03. The molecule has 0 aliphatic rings. The summed E-state index contributed by atoms with van der Waals surface area (Å²) in [4.78, 5) is 25.9. The van der Waals surface area contributed by atoms with Crippen LogP contribution in [0.3, 0.4) is 0 Å². The van der Waals surface area contributed by atoms with E-state index >= 15 is 0 Å². The van der Waals surface area contributed by atoms with E-state index in [-0.39, 0.29) is 17.1 Å². The minimum absolute atomic E-state index is 0.131. The van der Waals surface area contributed by atoms with Gasteiger partial charge in [0, 0.05) is 0 Å². The molecule has 158 valence electrons. The highest BCUT2D eigenvalue weighted by molar-refractivity contribution is 6.36. The highest BCUT2D eigenvalue weighted by Gasteiger charge is 2.21. The number of phenols is 1. The molecule has 0 atom stereocenters. The molecule has 0 aliphatic carbocycles. The fourth-order valence-electron chi connectivity index (χ4n) is 2.70. The van der Waals surface area contributed by atoms with Crippen LogP contribution < -0.4 is 15.4 Å². The molecule has 0 spiro atoms. The van der Waals surface area contributed by atoms with Gasteiger partial charge in [-0.15, -0.1) is 0 Å². The molecule has 0 saturated carbocycles. The second-order valence-corrected chi connectivity index (χ2v) is 7.17. The van der Waals surface area contributed by atoms with Crippen molar-refractivity contribution >= 4 is 52.5 Å². The second-order valence-electron chi connectivity index (χ2n) is 6.36. The molecule has 0 unspecified atom stereocenters. The Morgan fingerprint density at radius 2 is 1.39 bits per heavy atom. The fourth-order valence-corrected chi connectivity index (χ4v) is 3.07. The van der Waals surface area contributed by atoms with Crippen molar-refractivity contribution in [2.45, 2.75) is 0 Å². The third kappa shape index (κ3) is 5.57. The lowest BCUT2D eigenvalue weighted by atomic mass is 10.1. The Kier molecular flexibility index (Phi) is 7.18. The first-order valence-corrected chi connectivity index (χ1v) is 9.85. The number of rotatable bonds is 6. The topological polar surface area (TPSA) is 87.7 Å². The Morgan fingerprint density at radius 1 is 0.871 bits per heavy atom. The van der Waals surface area contributed by atoms with E-state index < -0.39 is 11.8 Å². The fraction of sp³-hybridized carbons (Fsp3) is 0.0435. The van der Waals surface area contributed by atoms with Gasteiger partial charge < -0.3 is 20.5 Å². The lowest BCUT2D eigenvalue weighted by Gasteiger charge is -2.12. The summed E-state index contributed by atoms with van der Waals surface area (Å²) >= 11 is 12.2. The van der Waals surface area contributed by atoms with Crippen LogP contribution in [-0.2, 0) is 9.59 Å². The SMILES string of the molecule is COc1ccc(C=C(C(=O)Nc2ccccc2Cl)C(=O)Nc2ccccc2Cl)cc1O. The first kappa shape index (κ1) is 22.2. The number of hydrogen-bond donors (Lipinski definition) is 3. The smallest absolute Gasteiger partial charge is 0.261 e. The molecule has 0 saturated heterocycles. The van der Waals surface area contributed by atoms with E-state index in [1.165, 1.54) is 25.3 Å². The van der Waals surface area contributed by atoms with Gasteiger partial charge in [0.1, 0.15) is 5.57 Å². The van der Waals surface area contributed by atoms with E-state index in [1.54, 1.807) is 54.6 Å². The Labute approximate surface area is 189 Å². The van der Waals surface area contributed by atoms with E-state index in [1.807, 2.05) is 0 Å². The first-order valence-electron chi connectivity index (χ1n) is 9.09. The highest BCUT2D eigenvalue weighted by Crippen LogP contribution is 2.28.